The third-order valence-electron chi connectivity index (χ3n) is 5.04. The maximum absolute atomic E-state index is 13.3. The van der Waals surface area contributed by atoms with Gasteiger partial charge in [-0.3, -0.25) is 4.68 Å². The highest BCUT2D eigenvalue weighted by molar-refractivity contribution is 7.89. The van der Waals surface area contributed by atoms with Gasteiger partial charge in [-0.05, 0) is 18.4 Å². The smallest absolute Gasteiger partial charge is 0.246 e. The van der Waals surface area contributed by atoms with E-state index in [0.717, 1.165) is 18.4 Å². The van der Waals surface area contributed by atoms with Crippen LogP contribution in [0.1, 0.15) is 63.8 Å². The molecular weight excluding hydrogens is 346 g/mol. The van der Waals surface area contributed by atoms with Gasteiger partial charge in [0.05, 0.1) is 11.7 Å². The lowest BCUT2D eigenvalue weighted by molar-refractivity contribution is 0.448. The second-order valence-electron chi connectivity index (χ2n) is 8.26. The molecule has 1 heterocycles. The Bertz CT molecular complexity index is 845. The Kier molecular flexibility index (Phi) is 5.26. The molecule has 1 fully saturated rings. The second kappa shape index (κ2) is 7.16. The van der Waals surface area contributed by atoms with Crippen LogP contribution in [-0.2, 0) is 22.0 Å². The summed E-state index contributed by atoms with van der Waals surface area (Å²) < 4.78 is 29.9. The Labute approximate surface area is 157 Å². The van der Waals surface area contributed by atoms with E-state index in [2.05, 4.69) is 0 Å². The van der Waals surface area contributed by atoms with Crippen molar-refractivity contribution in [2.45, 2.75) is 69.4 Å². The molecule has 0 amide bonds. The Morgan fingerprint density at radius 1 is 1.15 bits per heavy atom. The number of benzene rings is 1. The van der Waals surface area contributed by atoms with Gasteiger partial charge < -0.3 is 0 Å². The molecule has 1 saturated carbocycles. The maximum atomic E-state index is 13.3. The molecule has 0 saturated heterocycles. The Morgan fingerprint density at radius 3 is 2.35 bits per heavy atom. The van der Waals surface area contributed by atoms with E-state index in [9.17, 15) is 8.42 Å². The van der Waals surface area contributed by atoms with Crippen molar-refractivity contribution in [1.29, 1.82) is 0 Å². The summed E-state index contributed by atoms with van der Waals surface area (Å²) in [4.78, 5) is 0.343. The van der Waals surface area contributed by atoms with Crippen molar-refractivity contribution in [3.63, 3.8) is 0 Å². The molecule has 6 heteroatoms. The van der Waals surface area contributed by atoms with Crippen LogP contribution in [0.4, 0.5) is 0 Å². The molecule has 0 atom stereocenters. The minimum absolute atomic E-state index is 0.319. The summed E-state index contributed by atoms with van der Waals surface area (Å²) in [6.07, 6.45) is 6.28. The van der Waals surface area contributed by atoms with Crippen LogP contribution >= 0.6 is 0 Å². The molecule has 3 rings (SSSR count). The monoisotopic (exact) mass is 375 g/mol. The first-order valence-electron chi connectivity index (χ1n) is 9.29. The average Bonchev–Trinajstić information content (AvgIpc) is 3.24. The largest absolute Gasteiger partial charge is 0.268 e. The summed E-state index contributed by atoms with van der Waals surface area (Å²) in [7, 11) is -1.97. The first kappa shape index (κ1) is 19.1. The van der Waals surface area contributed by atoms with Crippen LogP contribution < -0.4 is 0 Å². The third kappa shape index (κ3) is 3.86. The van der Waals surface area contributed by atoms with Gasteiger partial charge in [0.1, 0.15) is 4.90 Å². The lowest BCUT2D eigenvalue weighted by Gasteiger charge is -2.21. The van der Waals surface area contributed by atoms with Gasteiger partial charge in [-0.2, -0.15) is 9.40 Å². The zero-order valence-corrected chi connectivity index (χ0v) is 17.0. The highest BCUT2D eigenvalue weighted by atomic mass is 32.2. The van der Waals surface area contributed by atoms with Crippen LogP contribution in [0, 0.1) is 0 Å². The molecule has 1 aromatic heterocycles. The van der Waals surface area contributed by atoms with Crippen molar-refractivity contribution >= 4 is 10.0 Å². The first-order valence-corrected chi connectivity index (χ1v) is 10.7. The highest BCUT2D eigenvalue weighted by Gasteiger charge is 2.34. The van der Waals surface area contributed by atoms with Gasteiger partial charge >= 0.3 is 0 Å². The summed E-state index contributed by atoms with van der Waals surface area (Å²) in [6, 6.07) is 9.99. The van der Waals surface area contributed by atoms with E-state index in [1.807, 2.05) is 55.8 Å². The molecule has 0 unspecified atom stereocenters. The van der Waals surface area contributed by atoms with E-state index in [1.165, 1.54) is 17.1 Å². The summed E-state index contributed by atoms with van der Waals surface area (Å²) >= 11 is 0. The normalized spacial score (nSPS) is 16.5. The Balaban J connectivity index is 1.97. The summed E-state index contributed by atoms with van der Waals surface area (Å²) in [6.45, 7) is 6.40. The van der Waals surface area contributed by atoms with E-state index >= 15 is 0 Å². The zero-order valence-electron chi connectivity index (χ0n) is 16.1. The van der Waals surface area contributed by atoms with Crippen LogP contribution in [0.15, 0.2) is 41.4 Å². The molecule has 2 aromatic rings. The number of hydrogen-bond acceptors (Lipinski definition) is 3. The fourth-order valence-corrected chi connectivity index (χ4v) is 5.02. The Hall–Kier alpha value is -1.66. The molecule has 0 radical (unpaired) electrons. The van der Waals surface area contributed by atoms with Crippen molar-refractivity contribution in [1.82, 2.24) is 14.1 Å². The number of aromatic nitrogens is 2. The number of rotatable bonds is 5. The van der Waals surface area contributed by atoms with Crippen molar-refractivity contribution in [3.8, 4) is 0 Å². The molecular formula is C20H29N3O2S. The third-order valence-corrected chi connectivity index (χ3v) is 6.85. The topological polar surface area (TPSA) is 55.2 Å². The van der Waals surface area contributed by atoms with Gasteiger partial charge in [0.15, 0.2) is 0 Å². The standard InChI is InChI=1S/C20H29N3O2S/c1-20(2,3)19-18(15-23(21-19)17-12-8-9-13-17)26(24,25)22(4)14-16-10-6-5-7-11-16/h5-7,10-11,15,17H,8-9,12-14H2,1-4H3. The van der Waals surface area contributed by atoms with Gasteiger partial charge in [-0.1, -0.05) is 63.9 Å². The quantitative estimate of drug-likeness (QED) is 0.790. The zero-order chi connectivity index (χ0) is 18.9. The lowest BCUT2D eigenvalue weighted by Crippen LogP contribution is -2.28. The number of sulfonamides is 1. The molecule has 26 heavy (non-hydrogen) atoms. The van der Waals surface area contributed by atoms with Gasteiger partial charge in [0.25, 0.3) is 0 Å². The van der Waals surface area contributed by atoms with Crippen LogP contribution in [0.25, 0.3) is 0 Å². The molecule has 1 aliphatic rings. The molecule has 142 valence electrons. The molecule has 1 aliphatic carbocycles. The van der Waals surface area contributed by atoms with Gasteiger partial charge in [-0.15, -0.1) is 0 Å². The fourth-order valence-electron chi connectivity index (χ4n) is 3.53. The number of hydrogen-bond donors (Lipinski definition) is 0. The molecule has 1 aromatic carbocycles. The number of nitrogens with zero attached hydrogens (tertiary/aromatic N) is 3. The van der Waals surface area contributed by atoms with E-state index in [4.69, 9.17) is 5.10 Å². The lowest BCUT2D eigenvalue weighted by atomic mass is 9.92. The van der Waals surface area contributed by atoms with Gasteiger partial charge in [0, 0.05) is 25.2 Å². The molecule has 0 spiro atoms. The average molecular weight is 376 g/mol. The second-order valence-corrected chi connectivity index (χ2v) is 10.3. The predicted molar refractivity (Wildman–Crippen MR) is 104 cm³/mol. The van der Waals surface area contributed by atoms with Crippen LogP contribution in [-0.4, -0.2) is 29.6 Å². The predicted octanol–water partition coefficient (Wildman–Crippen LogP) is 4.12. The fraction of sp³-hybridized carbons (Fsp3) is 0.550. The van der Waals surface area contributed by atoms with E-state index in [1.54, 1.807) is 13.2 Å². The van der Waals surface area contributed by atoms with E-state index in [-0.39, 0.29) is 5.41 Å². The molecule has 5 nitrogen and oxygen atoms in total. The summed E-state index contributed by atoms with van der Waals surface area (Å²) in [5.41, 5.74) is 1.29. The van der Waals surface area contributed by atoms with E-state index < -0.39 is 10.0 Å². The van der Waals surface area contributed by atoms with Crippen molar-refractivity contribution < 1.29 is 8.42 Å². The van der Waals surface area contributed by atoms with Crippen LogP contribution in [0.2, 0.25) is 0 Å². The van der Waals surface area contributed by atoms with E-state index in [0.29, 0.717) is 23.2 Å². The van der Waals surface area contributed by atoms with Gasteiger partial charge in [-0.25, -0.2) is 8.42 Å². The molecule has 0 bridgehead atoms. The first-order chi connectivity index (χ1) is 12.2. The van der Waals surface area contributed by atoms with Crippen molar-refractivity contribution in [2.24, 2.45) is 0 Å². The minimum Gasteiger partial charge on any atom is -0.268 e. The summed E-state index contributed by atoms with van der Waals surface area (Å²) in [5, 5.41) is 4.73. The van der Waals surface area contributed by atoms with Crippen molar-refractivity contribution in [3.05, 3.63) is 47.8 Å². The minimum atomic E-state index is -3.61. The van der Waals surface area contributed by atoms with Gasteiger partial charge in [0.2, 0.25) is 10.0 Å². The SMILES string of the molecule is CN(Cc1ccccc1)S(=O)(=O)c1cn(C2CCCC2)nc1C(C)(C)C. The summed E-state index contributed by atoms with van der Waals surface area (Å²) in [5.74, 6) is 0. The Morgan fingerprint density at radius 2 is 1.77 bits per heavy atom. The van der Waals surface area contributed by atoms with Crippen LogP contribution in [0.5, 0.6) is 0 Å². The molecule has 0 N–H and O–H groups in total. The van der Waals surface area contributed by atoms with Crippen molar-refractivity contribution in [2.75, 3.05) is 7.05 Å². The maximum Gasteiger partial charge on any atom is 0.246 e. The molecule has 0 aliphatic heterocycles. The van der Waals surface area contributed by atoms with Crippen LogP contribution in [0.3, 0.4) is 0 Å². The highest BCUT2D eigenvalue weighted by Crippen LogP contribution is 2.34.